The predicted molar refractivity (Wildman–Crippen MR) is 85.2 cm³/mol. The van der Waals surface area contributed by atoms with Crippen molar-refractivity contribution in [2.75, 3.05) is 53.0 Å². The molecule has 118 valence electrons. The highest BCUT2D eigenvalue weighted by molar-refractivity contribution is 5.79. The lowest BCUT2D eigenvalue weighted by molar-refractivity contribution is 0.0320. The van der Waals surface area contributed by atoms with Crippen LogP contribution in [0.2, 0.25) is 0 Å². The first-order valence-corrected chi connectivity index (χ1v) is 7.86. The van der Waals surface area contributed by atoms with Gasteiger partial charge < -0.3 is 15.4 Å². The number of nitrogens with one attached hydrogen (secondary N) is 2. The Morgan fingerprint density at radius 1 is 1.20 bits per heavy atom. The molecule has 1 aliphatic heterocycles. The monoisotopic (exact) mass is 284 g/mol. The molecule has 5 nitrogen and oxygen atoms in total. The minimum Gasteiger partial charge on any atom is -0.379 e. The molecule has 0 bridgehead atoms. The van der Waals surface area contributed by atoms with Gasteiger partial charge in [-0.25, -0.2) is 0 Å². The molecule has 0 saturated carbocycles. The highest BCUT2D eigenvalue weighted by Crippen LogP contribution is 2.02. The van der Waals surface area contributed by atoms with Gasteiger partial charge in [0, 0.05) is 39.8 Å². The summed E-state index contributed by atoms with van der Waals surface area (Å²) in [5, 5.41) is 6.78. The summed E-state index contributed by atoms with van der Waals surface area (Å²) in [4.78, 5) is 6.74. The summed E-state index contributed by atoms with van der Waals surface area (Å²) in [6.45, 7) is 13.7. The van der Waals surface area contributed by atoms with Gasteiger partial charge in [0.25, 0.3) is 0 Å². The molecule has 0 aliphatic carbocycles. The Hall–Kier alpha value is -0.810. The normalized spacial score (nSPS) is 19.1. The molecule has 1 heterocycles. The molecule has 1 aliphatic rings. The van der Waals surface area contributed by atoms with E-state index in [0.717, 1.165) is 57.8 Å². The van der Waals surface area contributed by atoms with E-state index in [9.17, 15) is 0 Å². The summed E-state index contributed by atoms with van der Waals surface area (Å²) in [6.07, 6.45) is 1.17. The number of rotatable bonds is 7. The third-order valence-corrected chi connectivity index (χ3v) is 3.53. The van der Waals surface area contributed by atoms with E-state index in [-0.39, 0.29) is 0 Å². The Bertz CT molecular complexity index is 275. The summed E-state index contributed by atoms with van der Waals surface area (Å²) in [6, 6.07) is 0. The first-order chi connectivity index (χ1) is 9.61. The van der Waals surface area contributed by atoms with Gasteiger partial charge in [-0.1, -0.05) is 20.8 Å². The van der Waals surface area contributed by atoms with E-state index in [1.165, 1.54) is 6.42 Å². The number of hydrogen-bond donors (Lipinski definition) is 2. The molecule has 0 spiro atoms. The van der Waals surface area contributed by atoms with Gasteiger partial charge in [0.05, 0.1) is 13.2 Å². The van der Waals surface area contributed by atoms with Gasteiger partial charge in [0.2, 0.25) is 0 Å². The molecule has 1 unspecified atom stereocenters. The lowest BCUT2D eigenvalue weighted by Crippen LogP contribution is -2.44. The lowest BCUT2D eigenvalue weighted by Gasteiger charge is -2.29. The van der Waals surface area contributed by atoms with Crippen molar-refractivity contribution in [1.82, 2.24) is 15.5 Å². The second-order valence-corrected chi connectivity index (χ2v) is 6.08. The number of aliphatic imine (C=N–C) groups is 1. The first kappa shape index (κ1) is 17.2. The van der Waals surface area contributed by atoms with Crippen molar-refractivity contribution in [3.05, 3.63) is 0 Å². The van der Waals surface area contributed by atoms with Crippen molar-refractivity contribution in [3.8, 4) is 0 Å². The van der Waals surface area contributed by atoms with E-state index in [0.29, 0.717) is 5.92 Å². The quantitative estimate of drug-likeness (QED) is 0.544. The topological polar surface area (TPSA) is 48.9 Å². The van der Waals surface area contributed by atoms with Crippen molar-refractivity contribution < 1.29 is 4.74 Å². The van der Waals surface area contributed by atoms with Crippen LogP contribution < -0.4 is 10.6 Å². The van der Waals surface area contributed by atoms with Crippen LogP contribution >= 0.6 is 0 Å². The summed E-state index contributed by atoms with van der Waals surface area (Å²) >= 11 is 0. The first-order valence-electron chi connectivity index (χ1n) is 7.86. The van der Waals surface area contributed by atoms with E-state index in [1.807, 2.05) is 7.05 Å². The molecule has 0 aromatic rings. The smallest absolute Gasteiger partial charge is 0.190 e. The fraction of sp³-hybridized carbons (Fsp3) is 0.933. The zero-order chi connectivity index (χ0) is 14.8. The van der Waals surface area contributed by atoms with Gasteiger partial charge in [-0.2, -0.15) is 0 Å². The molecule has 1 fully saturated rings. The second kappa shape index (κ2) is 10.00. The third-order valence-electron chi connectivity index (χ3n) is 3.53. The van der Waals surface area contributed by atoms with Crippen molar-refractivity contribution in [3.63, 3.8) is 0 Å². The molecule has 5 heteroatoms. The van der Waals surface area contributed by atoms with E-state index < -0.39 is 0 Å². The van der Waals surface area contributed by atoms with Gasteiger partial charge in [-0.3, -0.25) is 9.89 Å². The Kier molecular flexibility index (Phi) is 8.62. The van der Waals surface area contributed by atoms with Crippen molar-refractivity contribution in [2.45, 2.75) is 27.2 Å². The van der Waals surface area contributed by atoms with E-state index >= 15 is 0 Å². The van der Waals surface area contributed by atoms with Crippen LogP contribution in [0.15, 0.2) is 4.99 Å². The molecule has 0 radical (unpaired) electrons. The highest BCUT2D eigenvalue weighted by atomic mass is 16.5. The minimum absolute atomic E-state index is 0.608. The Labute approximate surface area is 124 Å². The van der Waals surface area contributed by atoms with Crippen LogP contribution in [0.1, 0.15) is 27.2 Å². The van der Waals surface area contributed by atoms with E-state index in [2.05, 4.69) is 41.3 Å². The van der Waals surface area contributed by atoms with Crippen molar-refractivity contribution in [1.29, 1.82) is 0 Å². The van der Waals surface area contributed by atoms with Crippen LogP contribution in [0.3, 0.4) is 0 Å². The third kappa shape index (κ3) is 7.70. The lowest BCUT2D eigenvalue weighted by atomic mass is 10.1. The molecule has 0 aromatic heterocycles. The maximum absolute atomic E-state index is 5.37. The van der Waals surface area contributed by atoms with Crippen LogP contribution in [0, 0.1) is 11.8 Å². The molecular weight excluding hydrogens is 252 g/mol. The fourth-order valence-electron chi connectivity index (χ4n) is 2.26. The number of hydrogen-bond acceptors (Lipinski definition) is 3. The number of ether oxygens (including phenoxy) is 1. The van der Waals surface area contributed by atoms with Crippen molar-refractivity contribution in [2.24, 2.45) is 16.8 Å². The zero-order valence-electron chi connectivity index (χ0n) is 13.6. The largest absolute Gasteiger partial charge is 0.379 e. The standard InChI is InChI=1S/C15H32N4O/c1-13(2)5-6-17-15(16-4)18-11-14(3)12-19-7-9-20-10-8-19/h13-14H,5-12H2,1-4H3,(H2,16,17,18). The summed E-state index contributed by atoms with van der Waals surface area (Å²) in [5.41, 5.74) is 0. The van der Waals surface area contributed by atoms with E-state index in [1.54, 1.807) is 0 Å². The van der Waals surface area contributed by atoms with Crippen LogP contribution in [-0.2, 0) is 4.74 Å². The molecule has 1 saturated heterocycles. The molecule has 0 amide bonds. The summed E-state index contributed by atoms with van der Waals surface area (Å²) in [7, 11) is 1.83. The molecule has 0 aromatic carbocycles. The van der Waals surface area contributed by atoms with Crippen LogP contribution in [0.5, 0.6) is 0 Å². The molecule has 2 N–H and O–H groups in total. The molecule has 1 rings (SSSR count). The average Bonchev–Trinajstić information content (AvgIpc) is 2.43. The van der Waals surface area contributed by atoms with Crippen LogP contribution in [0.4, 0.5) is 0 Å². The SMILES string of the molecule is CN=C(NCCC(C)C)NCC(C)CN1CCOCC1. The Balaban J connectivity index is 2.15. The van der Waals surface area contributed by atoms with Crippen molar-refractivity contribution >= 4 is 5.96 Å². The predicted octanol–water partition coefficient (Wildman–Crippen LogP) is 1.17. The number of nitrogens with zero attached hydrogens (tertiary/aromatic N) is 2. The maximum atomic E-state index is 5.37. The summed E-state index contributed by atoms with van der Waals surface area (Å²) in [5.74, 6) is 2.25. The Morgan fingerprint density at radius 2 is 1.90 bits per heavy atom. The van der Waals surface area contributed by atoms with Gasteiger partial charge in [0.15, 0.2) is 5.96 Å². The number of morpholine rings is 1. The fourth-order valence-corrected chi connectivity index (χ4v) is 2.26. The van der Waals surface area contributed by atoms with Gasteiger partial charge in [0.1, 0.15) is 0 Å². The average molecular weight is 284 g/mol. The second-order valence-electron chi connectivity index (χ2n) is 6.08. The van der Waals surface area contributed by atoms with Gasteiger partial charge >= 0.3 is 0 Å². The van der Waals surface area contributed by atoms with E-state index in [4.69, 9.17) is 4.74 Å². The number of guanidine groups is 1. The van der Waals surface area contributed by atoms with Gasteiger partial charge in [-0.15, -0.1) is 0 Å². The van der Waals surface area contributed by atoms with Crippen LogP contribution in [0.25, 0.3) is 0 Å². The summed E-state index contributed by atoms with van der Waals surface area (Å²) < 4.78 is 5.37. The zero-order valence-corrected chi connectivity index (χ0v) is 13.6. The van der Waals surface area contributed by atoms with Gasteiger partial charge in [-0.05, 0) is 18.3 Å². The molecular formula is C15H32N4O. The van der Waals surface area contributed by atoms with Crippen LogP contribution in [-0.4, -0.2) is 63.8 Å². The highest BCUT2D eigenvalue weighted by Gasteiger charge is 2.13. The Morgan fingerprint density at radius 3 is 2.50 bits per heavy atom. The molecule has 1 atom stereocenters. The minimum atomic E-state index is 0.608. The maximum Gasteiger partial charge on any atom is 0.190 e. The molecule has 20 heavy (non-hydrogen) atoms.